The number of halogens is 1. The van der Waals surface area contributed by atoms with E-state index in [4.69, 9.17) is 25.8 Å². The summed E-state index contributed by atoms with van der Waals surface area (Å²) in [4.78, 5) is 0. The minimum absolute atomic E-state index is 0.0788. The summed E-state index contributed by atoms with van der Waals surface area (Å²) in [6, 6.07) is 12.4. The van der Waals surface area contributed by atoms with E-state index in [2.05, 4.69) is 0 Å². The lowest BCUT2D eigenvalue weighted by Crippen LogP contribution is -2.08. The lowest BCUT2D eigenvalue weighted by atomic mass is 9.99. The van der Waals surface area contributed by atoms with Gasteiger partial charge in [-0.1, -0.05) is 35.9 Å². The Morgan fingerprint density at radius 3 is 2.43 bits per heavy atom. The lowest BCUT2D eigenvalue weighted by Gasteiger charge is -2.20. The van der Waals surface area contributed by atoms with Gasteiger partial charge < -0.3 is 19.3 Å². The second-order valence-electron chi connectivity index (χ2n) is 4.35. The quantitative estimate of drug-likeness (QED) is 0.831. The largest absolute Gasteiger partial charge is 0.496 e. The van der Waals surface area contributed by atoms with Gasteiger partial charge >= 0.3 is 0 Å². The monoisotopic (exact) mass is 308 g/mol. The molecule has 0 saturated carbocycles. The molecule has 0 saturated heterocycles. The fourth-order valence-corrected chi connectivity index (χ4v) is 2.31. The summed E-state index contributed by atoms with van der Waals surface area (Å²) in [7, 11) is 3.07. The van der Waals surface area contributed by atoms with Crippen molar-refractivity contribution in [3.8, 4) is 11.5 Å². The second kappa shape index (κ2) is 7.31. The van der Waals surface area contributed by atoms with Crippen LogP contribution in [-0.2, 0) is 4.74 Å². The Kier molecular flexibility index (Phi) is 5.44. The van der Waals surface area contributed by atoms with Crippen molar-refractivity contribution in [2.45, 2.75) is 6.10 Å². The SMILES string of the molecule is COCOc1cccc(OC)c1C(O)c1ccccc1Cl. The zero-order chi connectivity index (χ0) is 15.2. The molecule has 112 valence electrons. The minimum atomic E-state index is -0.957. The number of methoxy groups -OCH3 is 2. The van der Waals surface area contributed by atoms with E-state index in [9.17, 15) is 5.11 Å². The highest BCUT2D eigenvalue weighted by atomic mass is 35.5. The summed E-state index contributed by atoms with van der Waals surface area (Å²) in [5.41, 5.74) is 1.11. The van der Waals surface area contributed by atoms with Crippen molar-refractivity contribution >= 4 is 11.6 Å². The first-order chi connectivity index (χ1) is 10.2. The summed E-state index contributed by atoms with van der Waals surface area (Å²) in [6.07, 6.45) is -0.957. The highest BCUT2D eigenvalue weighted by Gasteiger charge is 2.22. The van der Waals surface area contributed by atoms with Crippen LogP contribution in [0, 0.1) is 0 Å². The van der Waals surface area contributed by atoms with Gasteiger partial charge in [-0.05, 0) is 18.2 Å². The van der Waals surface area contributed by atoms with Crippen molar-refractivity contribution in [3.05, 3.63) is 58.6 Å². The Morgan fingerprint density at radius 1 is 1.05 bits per heavy atom. The van der Waals surface area contributed by atoms with Crippen LogP contribution < -0.4 is 9.47 Å². The van der Waals surface area contributed by atoms with Crippen LogP contribution in [0.2, 0.25) is 5.02 Å². The van der Waals surface area contributed by atoms with Gasteiger partial charge in [-0.2, -0.15) is 0 Å². The molecule has 0 radical (unpaired) electrons. The molecule has 1 N–H and O–H groups in total. The maximum Gasteiger partial charge on any atom is 0.188 e. The van der Waals surface area contributed by atoms with Gasteiger partial charge in [0.1, 0.15) is 17.6 Å². The van der Waals surface area contributed by atoms with Crippen LogP contribution in [0.3, 0.4) is 0 Å². The molecule has 0 aliphatic carbocycles. The van der Waals surface area contributed by atoms with Gasteiger partial charge in [0.05, 0.1) is 12.7 Å². The minimum Gasteiger partial charge on any atom is -0.496 e. The van der Waals surface area contributed by atoms with Gasteiger partial charge in [0.2, 0.25) is 0 Å². The molecule has 0 aliphatic rings. The van der Waals surface area contributed by atoms with Crippen LogP contribution in [0.5, 0.6) is 11.5 Å². The molecule has 1 unspecified atom stereocenters. The molecule has 0 spiro atoms. The highest BCUT2D eigenvalue weighted by Crippen LogP contribution is 2.39. The van der Waals surface area contributed by atoms with Crippen molar-refractivity contribution in [3.63, 3.8) is 0 Å². The first-order valence-corrected chi connectivity index (χ1v) is 6.78. The van der Waals surface area contributed by atoms with Crippen LogP contribution >= 0.6 is 11.6 Å². The van der Waals surface area contributed by atoms with E-state index in [0.717, 1.165) is 0 Å². The summed E-state index contributed by atoms with van der Waals surface area (Å²) in [6.45, 7) is 0.0788. The molecule has 0 aliphatic heterocycles. The van der Waals surface area contributed by atoms with E-state index in [1.165, 1.54) is 14.2 Å². The van der Waals surface area contributed by atoms with Crippen molar-refractivity contribution in [2.24, 2.45) is 0 Å². The molecule has 0 amide bonds. The molecule has 0 fully saturated rings. The van der Waals surface area contributed by atoms with Gasteiger partial charge in [-0.25, -0.2) is 0 Å². The number of hydrogen-bond donors (Lipinski definition) is 1. The lowest BCUT2D eigenvalue weighted by molar-refractivity contribution is 0.0485. The Morgan fingerprint density at radius 2 is 1.76 bits per heavy atom. The van der Waals surface area contributed by atoms with E-state index in [1.54, 1.807) is 30.3 Å². The molecular formula is C16H17ClO4. The number of ether oxygens (including phenoxy) is 3. The molecule has 4 nitrogen and oxygen atoms in total. The molecule has 2 aromatic rings. The number of rotatable bonds is 6. The van der Waals surface area contributed by atoms with Crippen LogP contribution in [0.4, 0.5) is 0 Å². The average molecular weight is 309 g/mol. The standard InChI is InChI=1S/C16H17ClO4/c1-19-10-21-14-9-5-8-13(20-2)15(14)16(18)11-6-3-4-7-12(11)17/h3-9,16,18H,10H2,1-2H3. The average Bonchev–Trinajstić information content (AvgIpc) is 2.52. The van der Waals surface area contributed by atoms with Crippen LogP contribution in [0.1, 0.15) is 17.2 Å². The van der Waals surface area contributed by atoms with Gasteiger partial charge in [-0.3, -0.25) is 0 Å². The molecule has 0 heterocycles. The number of aliphatic hydroxyl groups excluding tert-OH is 1. The molecule has 2 rings (SSSR count). The predicted molar refractivity (Wildman–Crippen MR) is 81.0 cm³/mol. The van der Waals surface area contributed by atoms with E-state index in [0.29, 0.717) is 27.6 Å². The smallest absolute Gasteiger partial charge is 0.188 e. The molecular weight excluding hydrogens is 292 g/mol. The summed E-state index contributed by atoms with van der Waals surface area (Å²) in [5, 5.41) is 11.2. The van der Waals surface area contributed by atoms with Crippen LogP contribution in [0.15, 0.2) is 42.5 Å². The van der Waals surface area contributed by atoms with E-state index >= 15 is 0 Å². The van der Waals surface area contributed by atoms with Gasteiger partial charge in [0.15, 0.2) is 6.79 Å². The maximum absolute atomic E-state index is 10.7. The third-order valence-electron chi connectivity index (χ3n) is 3.05. The van der Waals surface area contributed by atoms with Crippen LogP contribution in [0.25, 0.3) is 0 Å². The Hall–Kier alpha value is -1.75. The number of aliphatic hydroxyl groups is 1. The fraction of sp³-hybridized carbons (Fsp3) is 0.250. The number of benzene rings is 2. The van der Waals surface area contributed by atoms with E-state index < -0.39 is 6.10 Å². The summed E-state index contributed by atoms with van der Waals surface area (Å²) >= 11 is 6.15. The summed E-state index contributed by atoms with van der Waals surface area (Å²) < 4.78 is 15.7. The second-order valence-corrected chi connectivity index (χ2v) is 4.75. The van der Waals surface area contributed by atoms with Crippen LogP contribution in [-0.4, -0.2) is 26.1 Å². The molecule has 2 aromatic carbocycles. The normalized spacial score (nSPS) is 12.0. The first-order valence-electron chi connectivity index (χ1n) is 6.40. The Labute approximate surface area is 128 Å². The Bertz CT molecular complexity index is 601. The topological polar surface area (TPSA) is 47.9 Å². The zero-order valence-electron chi connectivity index (χ0n) is 11.9. The molecule has 5 heteroatoms. The van der Waals surface area contributed by atoms with Gasteiger partial charge in [0.25, 0.3) is 0 Å². The maximum atomic E-state index is 10.7. The van der Waals surface area contributed by atoms with E-state index in [1.807, 2.05) is 12.1 Å². The fourth-order valence-electron chi connectivity index (χ4n) is 2.07. The third-order valence-corrected chi connectivity index (χ3v) is 3.40. The Balaban J connectivity index is 2.47. The van der Waals surface area contributed by atoms with Crippen molar-refractivity contribution < 1.29 is 19.3 Å². The molecule has 0 bridgehead atoms. The summed E-state index contributed by atoms with van der Waals surface area (Å²) in [5.74, 6) is 1.01. The number of hydrogen-bond acceptors (Lipinski definition) is 4. The third kappa shape index (κ3) is 3.47. The van der Waals surface area contributed by atoms with Crippen molar-refractivity contribution in [1.29, 1.82) is 0 Å². The van der Waals surface area contributed by atoms with Crippen molar-refractivity contribution in [1.82, 2.24) is 0 Å². The molecule has 1 atom stereocenters. The molecule has 21 heavy (non-hydrogen) atoms. The zero-order valence-corrected chi connectivity index (χ0v) is 12.6. The first kappa shape index (κ1) is 15.6. The van der Waals surface area contributed by atoms with Crippen molar-refractivity contribution in [2.75, 3.05) is 21.0 Å². The molecule has 0 aromatic heterocycles. The van der Waals surface area contributed by atoms with E-state index in [-0.39, 0.29) is 6.79 Å². The highest BCUT2D eigenvalue weighted by molar-refractivity contribution is 6.31. The predicted octanol–water partition coefficient (Wildman–Crippen LogP) is 3.41. The van der Waals surface area contributed by atoms with Gasteiger partial charge in [0, 0.05) is 17.7 Å². The van der Waals surface area contributed by atoms with Gasteiger partial charge in [-0.15, -0.1) is 0 Å².